The summed E-state index contributed by atoms with van der Waals surface area (Å²) in [5, 5.41) is 6.19. The molecule has 0 aliphatic carbocycles. The first kappa shape index (κ1) is 26.6. The Morgan fingerprint density at radius 1 is 1.08 bits per heavy atom. The number of amides is 1. The molecule has 3 heterocycles. The van der Waals surface area contributed by atoms with E-state index >= 15 is 0 Å². The lowest BCUT2D eigenvalue weighted by Gasteiger charge is -2.18. The van der Waals surface area contributed by atoms with Gasteiger partial charge in [-0.15, -0.1) is 0 Å². The average Bonchev–Trinajstić information content (AvgIpc) is 3.25. The maximum absolute atomic E-state index is 14.3. The van der Waals surface area contributed by atoms with Gasteiger partial charge in [-0.1, -0.05) is 0 Å². The van der Waals surface area contributed by atoms with E-state index in [9.17, 15) is 35.5 Å². The minimum absolute atomic E-state index is 0.00236. The van der Waals surface area contributed by atoms with Crippen LogP contribution in [0.5, 0.6) is 5.88 Å². The number of nitrogens with one attached hydrogen (secondary N) is 1. The fourth-order valence-electron chi connectivity index (χ4n) is 3.81. The van der Waals surface area contributed by atoms with Gasteiger partial charge in [0, 0.05) is 17.3 Å². The maximum Gasteiger partial charge on any atom is 0.418 e. The second-order valence-electron chi connectivity index (χ2n) is 8.06. The molecule has 0 spiro atoms. The van der Waals surface area contributed by atoms with Crippen LogP contribution in [-0.4, -0.2) is 32.6 Å². The summed E-state index contributed by atoms with van der Waals surface area (Å²) in [5.41, 5.74) is 2.05. The number of halogens is 7. The van der Waals surface area contributed by atoms with Crippen molar-refractivity contribution in [2.24, 2.45) is 0 Å². The molecule has 15 heteroatoms. The SMILES string of the molecule is COc1ncc(-c2cc(C(F)(F)F)c3c(N)ncnn23)cc1C(=O)NC(C)c1cc(C(F)(F)F)ccc1F. The third kappa shape index (κ3) is 4.90. The molecule has 1 unspecified atom stereocenters. The van der Waals surface area contributed by atoms with Gasteiger partial charge in [0.2, 0.25) is 5.88 Å². The average molecular weight is 542 g/mol. The van der Waals surface area contributed by atoms with Crippen molar-refractivity contribution in [3.05, 3.63) is 70.9 Å². The summed E-state index contributed by atoms with van der Waals surface area (Å²) in [4.78, 5) is 20.6. The number of rotatable bonds is 5. The van der Waals surface area contributed by atoms with Gasteiger partial charge >= 0.3 is 12.4 Å². The quantitative estimate of drug-likeness (QED) is 0.342. The lowest BCUT2D eigenvalue weighted by Crippen LogP contribution is -2.28. The molecule has 0 aliphatic rings. The van der Waals surface area contributed by atoms with Gasteiger partial charge in [0.05, 0.1) is 30.0 Å². The summed E-state index contributed by atoms with van der Waals surface area (Å²) in [7, 11) is 1.18. The molecule has 0 radical (unpaired) electrons. The molecule has 1 atom stereocenters. The number of benzene rings is 1. The van der Waals surface area contributed by atoms with Crippen molar-refractivity contribution in [1.82, 2.24) is 24.9 Å². The van der Waals surface area contributed by atoms with Gasteiger partial charge in [-0.2, -0.15) is 31.4 Å². The molecule has 0 saturated heterocycles. The highest BCUT2D eigenvalue weighted by Crippen LogP contribution is 2.39. The van der Waals surface area contributed by atoms with E-state index in [1.54, 1.807) is 0 Å². The highest BCUT2D eigenvalue weighted by molar-refractivity contribution is 5.98. The number of carbonyl (C=O) groups is 1. The first-order valence-electron chi connectivity index (χ1n) is 10.6. The van der Waals surface area contributed by atoms with Crippen molar-refractivity contribution >= 4 is 17.2 Å². The van der Waals surface area contributed by atoms with Crippen LogP contribution >= 0.6 is 0 Å². The van der Waals surface area contributed by atoms with Gasteiger partial charge in [-0.05, 0) is 37.3 Å². The number of aromatic nitrogens is 4. The molecule has 3 aromatic heterocycles. The van der Waals surface area contributed by atoms with E-state index in [0.717, 1.165) is 29.2 Å². The number of carbonyl (C=O) groups excluding carboxylic acids is 1. The van der Waals surface area contributed by atoms with E-state index in [0.29, 0.717) is 18.2 Å². The normalized spacial score (nSPS) is 13.0. The van der Waals surface area contributed by atoms with Crippen LogP contribution in [0.2, 0.25) is 0 Å². The predicted molar refractivity (Wildman–Crippen MR) is 119 cm³/mol. The molecule has 38 heavy (non-hydrogen) atoms. The number of hydrogen-bond donors (Lipinski definition) is 2. The fourth-order valence-corrected chi connectivity index (χ4v) is 3.81. The number of pyridine rings is 1. The zero-order valence-corrected chi connectivity index (χ0v) is 19.4. The minimum Gasteiger partial charge on any atom is -0.480 e. The van der Waals surface area contributed by atoms with Crippen LogP contribution in [0.4, 0.5) is 36.6 Å². The van der Waals surface area contributed by atoms with Gasteiger partial charge in [-0.25, -0.2) is 18.9 Å². The van der Waals surface area contributed by atoms with Crippen molar-refractivity contribution in [2.45, 2.75) is 25.3 Å². The maximum atomic E-state index is 14.3. The van der Waals surface area contributed by atoms with Crippen LogP contribution in [0, 0.1) is 5.82 Å². The minimum atomic E-state index is -4.81. The number of nitrogens with zero attached hydrogens (tertiary/aromatic N) is 4. The van der Waals surface area contributed by atoms with Crippen molar-refractivity contribution in [3.8, 4) is 17.1 Å². The summed E-state index contributed by atoms with van der Waals surface area (Å²) < 4.78 is 101. The zero-order chi connectivity index (χ0) is 28.0. The number of methoxy groups -OCH3 is 1. The molecular weight excluding hydrogens is 525 g/mol. The number of nitrogen functional groups attached to an aromatic ring is 1. The van der Waals surface area contributed by atoms with Gasteiger partial charge in [0.1, 0.15) is 23.2 Å². The summed E-state index contributed by atoms with van der Waals surface area (Å²) in [6.07, 6.45) is -7.48. The predicted octanol–water partition coefficient (Wildman–Crippen LogP) is 5.05. The van der Waals surface area contributed by atoms with Crippen LogP contribution in [-0.2, 0) is 12.4 Å². The van der Waals surface area contributed by atoms with Crippen molar-refractivity contribution in [3.63, 3.8) is 0 Å². The Hall–Kier alpha value is -4.43. The third-order valence-corrected chi connectivity index (χ3v) is 5.61. The molecule has 1 aromatic carbocycles. The van der Waals surface area contributed by atoms with E-state index < -0.39 is 58.1 Å². The monoisotopic (exact) mass is 542 g/mol. The second kappa shape index (κ2) is 9.46. The van der Waals surface area contributed by atoms with Crippen LogP contribution in [0.3, 0.4) is 0 Å². The molecule has 0 aliphatic heterocycles. The Bertz CT molecular complexity index is 1530. The van der Waals surface area contributed by atoms with Crippen molar-refractivity contribution in [1.29, 1.82) is 0 Å². The number of nitrogens with two attached hydrogens (primary N) is 1. The lowest BCUT2D eigenvalue weighted by atomic mass is 10.0. The van der Waals surface area contributed by atoms with Gasteiger partial charge in [0.15, 0.2) is 5.82 Å². The van der Waals surface area contributed by atoms with Gasteiger partial charge < -0.3 is 15.8 Å². The third-order valence-electron chi connectivity index (χ3n) is 5.61. The number of hydrogen-bond acceptors (Lipinski definition) is 6. The summed E-state index contributed by atoms with van der Waals surface area (Å²) in [5.74, 6) is -2.60. The molecule has 3 N–H and O–H groups in total. The Kier molecular flexibility index (Phi) is 6.63. The van der Waals surface area contributed by atoms with E-state index in [4.69, 9.17) is 10.5 Å². The summed E-state index contributed by atoms with van der Waals surface area (Å²) in [6.45, 7) is 1.26. The molecule has 8 nitrogen and oxygen atoms in total. The van der Waals surface area contributed by atoms with E-state index in [1.807, 2.05) is 0 Å². The topological polar surface area (TPSA) is 107 Å². The van der Waals surface area contributed by atoms with Gasteiger partial charge in [0.25, 0.3) is 5.91 Å². The van der Waals surface area contributed by atoms with Crippen LogP contribution < -0.4 is 15.8 Å². The molecule has 4 rings (SSSR count). The Labute approximate surface area is 209 Å². The molecule has 1 amide bonds. The van der Waals surface area contributed by atoms with Crippen molar-refractivity contribution in [2.75, 3.05) is 12.8 Å². The van der Waals surface area contributed by atoms with E-state index in [-0.39, 0.29) is 22.7 Å². The first-order valence-corrected chi connectivity index (χ1v) is 10.6. The molecule has 0 saturated carbocycles. The Balaban J connectivity index is 1.75. The number of anilines is 1. The molecule has 4 aromatic rings. The second-order valence-corrected chi connectivity index (χ2v) is 8.06. The van der Waals surface area contributed by atoms with Gasteiger partial charge in [-0.3, -0.25) is 4.79 Å². The summed E-state index contributed by atoms with van der Waals surface area (Å²) >= 11 is 0. The Morgan fingerprint density at radius 3 is 2.42 bits per heavy atom. The lowest BCUT2D eigenvalue weighted by molar-refractivity contribution is -0.138. The summed E-state index contributed by atoms with van der Waals surface area (Å²) in [6, 6.07) is 2.44. The van der Waals surface area contributed by atoms with Crippen molar-refractivity contribution < 1.29 is 40.3 Å². The zero-order valence-electron chi connectivity index (χ0n) is 19.4. The Morgan fingerprint density at radius 2 is 1.79 bits per heavy atom. The van der Waals surface area contributed by atoms with Crippen LogP contribution in [0.15, 0.2) is 42.9 Å². The standard InChI is InChI=1S/C23H17F7N6O2/c1-10(13-6-12(22(25,26)27)3-4-16(13)24)35-20(37)14-5-11(8-32-21(14)38-2)17-7-15(23(28,29)30)18-19(31)33-9-34-36(17)18/h3-10H,1-2H3,(H,35,37)(H2,31,33,34). The molecule has 0 fully saturated rings. The van der Waals surface area contributed by atoms with E-state index in [2.05, 4.69) is 20.4 Å². The smallest absolute Gasteiger partial charge is 0.418 e. The van der Waals surface area contributed by atoms with E-state index in [1.165, 1.54) is 14.0 Å². The number of ether oxygens (including phenoxy) is 1. The highest BCUT2D eigenvalue weighted by atomic mass is 19.4. The first-order chi connectivity index (χ1) is 17.7. The number of fused-ring (bicyclic) bond motifs is 1. The largest absolute Gasteiger partial charge is 0.480 e. The molecular formula is C23H17F7N6O2. The molecule has 0 bridgehead atoms. The number of alkyl halides is 6. The van der Waals surface area contributed by atoms with Crippen LogP contribution in [0.25, 0.3) is 16.8 Å². The van der Waals surface area contributed by atoms with Crippen LogP contribution in [0.1, 0.15) is 40.0 Å². The highest BCUT2D eigenvalue weighted by Gasteiger charge is 2.37. The molecule has 200 valence electrons. The fraction of sp³-hybridized carbons (Fsp3) is 0.217.